The molecule has 2 aliphatic heterocycles. The van der Waals surface area contributed by atoms with Crippen LogP contribution in [0.2, 0.25) is 0 Å². The highest BCUT2D eigenvalue weighted by atomic mass is 32.2. The van der Waals surface area contributed by atoms with E-state index in [9.17, 15) is 9.59 Å². The molecule has 0 radical (unpaired) electrons. The van der Waals surface area contributed by atoms with Crippen LogP contribution in [0.4, 0.5) is 0 Å². The third kappa shape index (κ3) is 3.39. The van der Waals surface area contributed by atoms with Crippen LogP contribution in [-0.2, 0) is 4.79 Å². The van der Waals surface area contributed by atoms with Gasteiger partial charge in [0.15, 0.2) is 0 Å². The number of carbonyl (C=O) groups is 2. The molecule has 21 heavy (non-hydrogen) atoms. The van der Waals surface area contributed by atoms with Crippen LogP contribution in [0.15, 0.2) is 30.3 Å². The summed E-state index contributed by atoms with van der Waals surface area (Å²) in [7, 11) is 0. The predicted molar refractivity (Wildman–Crippen MR) is 83.1 cm³/mol. The summed E-state index contributed by atoms with van der Waals surface area (Å²) in [4.78, 5) is 26.3. The summed E-state index contributed by atoms with van der Waals surface area (Å²) in [5, 5.41) is 6.22. The number of hydrogen-bond donors (Lipinski definition) is 2. The van der Waals surface area contributed by atoms with E-state index in [0.29, 0.717) is 18.5 Å². The molecule has 0 aromatic heterocycles. The van der Waals surface area contributed by atoms with Crippen LogP contribution in [0.3, 0.4) is 0 Å². The molecule has 5 nitrogen and oxygen atoms in total. The fourth-order valence-electron chi connectivity index (χ4n) is 2.70. The quantitative estimate of drug-likeness (QED) is 0.862. The van der Waals surface area contributed by atoms with E-state index in [1.54, 1.807) is 23.9 Å². The van der Waals surface area contributed by atoms with Crippen LogP contribution in [-0.4, -0.2) is 53.5 Å². The Morgan fingerprint density at radius 2 is 2.10 bits per heavy atom. The van der Waals surface area contributed by atoms with Gasteiger partial charge >= 0.3 is 0 Å². The molecule has 2 fully saturated rings. The van der Waals surface area contributed by atoms with Crippen molar-refractivity contribution in [2.45, 2.75) is 18.5 Å². The zero-order valence-electron chi connectivity index (χ0n) is 11.7. The molecule has 2 N–H and O–H groups in total. The number of rotatable bonds is 3. The summed E-state index contributed by atoms with van der Waals surface area (Å²) >= 11 is 1.79. The van der Waals surface area contributed by atoms with Crippen LogP contribution in [0, 0.1) is 0 Å². The van der Waals surface area contributed by atoms with Crippen molar-refractivity contribution >= 4 is 23.6 Å². The van der Waals surface area contributed by atoms with Gasteiger partial charge in [0.05, 0.1) is 11.9 Å². The summed E-state index contributed by atoms with van der Waals surface area (Å²) < 4.78 is 0. The molecule has 1 aromatic carbocycles. The number of thioether (sulfide) groups is 1. The van der Waals surface area contributed by atoms with E-state index in [0.717, 1.165) is 18.2 Å². The van der Waals surface area contributed by atoms with Crippen molar-refractivity contribution < 1.29 is 9.59 Å². The van der Waals surface area contributed by atoms with Gasteiger partial charge in [0, 0.05) is 30.4 Å². The summed E-state index contributed by atoms with van der Waals surface area (Å²) in [6, 6.07) is 9.02. The molecule has 0 spiro atoms. The van der Waals surface area contributed by atoms with Crippen molar-refractivity contribution in [2.24, 2.45) is 0 Å². The van der Waals surface area contributed by atoms with Gasteiger partial charge in [-0.15, -0.1) is 11.8 Å². The van der Waals surface area contributed by atoms with Gasteiger partial charge in [0.2, 0.25) is 5.91 Å². The highest BCUT2D eigenvalue weighted by Crippen LogP contribution is 2.17. The van der Waals surface area contributed by atoms with Gasteiger partial charge < -0.3 is 15.5 Å². The van der Waals surface area contributed by atoms with Crippen molar-refractivity contribution in [2.75, 3.05) is 24.7 Å². The molecule has 0 aliphatic carbocycles. The lowest BCUT2D eigenvalue weighted by molar-refractivity contribution is -0.131. The third-order valence-corrected chi connectivity index (χ3v) is 4.83. The van der Waals surface area contributed by atoms with Gasteiger partial charge in [-0.1, -0.05) is 18.2 Å². The van der Waals surface area contributed by atoms with Gasteiger partial charge in [-0.25, -0.2) is 0 Å². The zero-order chi connectivity index (χ0) is 14.7. The SMILES string of the molecule is O=C(NC1CNC(C(=O)N2CCSC2)C1)c1ccccc1. The lowest BCUT2D eigenvalue weighted by atomic mass is 10.1. The molecule has 0 saturated carbocycles. The number of hydrogen-bond acceptors (Lipinski definition) is 4. The average Bonchev–Trinajstić information content (AvgIpc) is 3.19. The van der Waals surface area contributed by atoms with E-state index in [1.165, 1.54) is 0 Å². The summed E-state index contributed by atoms with van der Waals surface area (Å²) in [6.45, 7) is 1.48. The fourth-order valence-corrected chi connectivity index (χ4v) is 3.66. The normalized spacial score (nSPS) is 25.0. The van der Waals surface area contributed by atoms with Gasteiger partial charge in [0.1, 0.15) is 0 Å². The molecule has 1 aromatic rings. The van der Waals surface area contributed by atoms with E-state index in [2.05, 4.69) is 10.6 Å². The molecule has 2 aliphatic rings. The lowest BCUT2D eigenvalue weighted by Crippen LogP contribution is -2.42. The van der Waals surface area contributed by atoms with Crippen molar-refractivity contribution in [3.05, 3.63) is 35.9 Å². The first kappa shape index (κ1) is 14.4. The lowest BCUT2D eigenvalue weighted by Gasteiger charge is -2.19. The molecule has 112 valence electrons. The van der Waals surface area contributed by atoms with Gasteiger partial charge in [-0.3, -0.25) is 9.59 Å². The van der Waals surface area contributed by atoms with E-state index in [1.807, 2.05) is 23.1 Å². The minimum absolute atomic E-state index is 0.0157. The molecule has 6 heteroatoms. The van der Waals surface area contributed by atoms with Crippen molar-refractivity contribution in [1.82, 2.24) is 15.5 Å². The van der Waals surface area contributed by atoms with Crippen LogP contribution in [0.1, 0.15) is 16.8 Å². The molecule has 2 amide bonds. The van der Waals surface area contributed by atoms with Gasteiger partial charge in [-0.05, 0) is 18.6 Å². The van der Waals surface area contributed by atoms with E-state index < -0.39 is 0 Å². The van der Waals surface area contributed by atoms with E-state index >= 15 is 0 Å². The standard InChI is InChI=1S/C15H19N3O2S/c19-14(11-4-2-1-3-5-11)17-12-8-13(16-9-12)15(20)18-6-7-21-10-18/h1-5,12-13,16H,6-10H2,(H,17,19). The minimum atomic E-state index is -0.162. The number of nitrogens with zero attached hydrogens (tertiary/aromatic N) is 1. The predicted octanol–water partition coefficient (Wildman–Crippen LogP) is 0.680. The largest absolute Gasteiger partial charge is 0.348 e. The van der Waals surface area contributed by atoms with E-state index in [-0.39, 0.29) is 23.9 Å². The third-order valence-electron chi connectivity index (χ3n) is 3.86. The maximum Gasteiger partial charge on any atom is 0.251 e. The van der Waals surface area contributed by atoms with E-state index in [4.69, 9.17) is 0 Å². The Kier molecular flexibility index (Phi) is 4.45. The monoisotopic (exact) mass is 305 g/mol. The molecular formula is C15H19N3O2S. The summed E-state index contributed by atoms with van der Waals surface area (Å²) in [6.07, 6.45) is 0.665. The Balaban J connectivity index is 1.52. The Morgan fingerprint density at radius 3 is 2.81 bits per heavy atom. The van der Waals surface area contributed by atoms with Crippen molar-refractivity contribution in [1.29, 1.82) is 0 Å². The maximum atomic E-state index is 12.3. The van der Waals surface area contributed by atoms with Crippen LogP contribution in [0.25, 0.3) is 0 Å². The van der Waals surface area contributed by atoms with Crippen molar-refractivity contribution in [3.63, 3.8) is 0 Å². The maximum absolute atomic E-state index is 12.3. The first-order valence-electron chi connectivity index (χ1n) is 7.20. The highest BCUT2D eigenvalue weighted by Gasteiger charge is 2.33. The number of carbonyl (C=O) groups excluding carboxylic acids is 2. The number of benzene rings is 1. The highest BCUT2D eigenvalue weighted by molar-refractivity contribution is 7.99. The van der Waals surface area contributed by atoms with Crippen LogP contribution >= 0.6 is 11.8 Å². The second-order valence-electron chi connectivity index (χ2n) is 5.37. The Labute approximate surface area is 128 Å². The summed E-state index contributed by atoms with van der Waals surface area (Å²) in [5.74, 6) is 1.90. The smallest absolute Gasteiger partial charge is 0.251 e. The molecule has 3 rings (SSSR count). The van der Waals surface area contributed by atoms with Crippen LogP contribution in [0.5, 0.6) is 0 Å². The van der Waals surface area contributed by atoms with Gasteiger partial charge in [-0.2, -0.15) is 0 Å². The number of nitrogens with one attached hydrogen (secondary N) is 2. The van der Waals surface area contributed by atoms with Crippen LogP contribution < -0.4 is 10.6 Å². The Morgan fingerprint density at radius 1 is 1.29 bits per heavy atom. The average molecular weight is 305 g/mol. The molecule has 0 bridgehead atoms. The first-order valence-corrected chi connectivity index (χ1v) is 8.35. The minimum Gasteiger partial charge on any atom is -0.348 e. The molecule has 2 atom stereocenters. The number of amides is 2. The Bertz CT molecular complexity index is 517. The topological polar surface area (TPSA) is 61.4 Å². The zero-order valence-corrected chi connectivity index (χ0v) is 12.6. The molecule has 2 heterocycles. The van der Waals surface area contributed by atoms with Crippen molar-refractivity contribution in [3.8, 4) is 0 Å². The Hall–Kier alpha value is -1.53. The summed E-state index contributed by atoms with van der Waals surface area (Å²) in [5.41, 5.74) is 0.656. The fraction of sp³-hybridized carbons (Fsp3) is 0.467. The first-order chi connectivity index (χ1) is 10.2. The van der Waals surface area contributed by atoms with Gasteiger partial charge in [0.25, 0.3) is 5.91 Å². The molecular weight excluding hydrogens is 286 g/mol. The molecule has 2 unspecified atom stereocenters. The molecule has 2 saturated heterocycles. The second-order valence-corrected chi connectivity index (χ2v) is 6.45. The second kappa shape index (κ2) is 6.49.